The molecule has 0 bridgehead atoms. The number of hydrogen-bond donors (Lipinski definition) is 1. The monoisotopic (exact) mass is 511 g/mol. The summed E-state index contributed by atoms with van der Waals surface area (Å²) in [5.41, 5.74) is 1.23. The zero-order chi connectivity index (χ0) is 25.3. The normalized spacial score (nSPS) is 17.2. The Morgan fingerprint density at radius 2 is 1.66 bits per heavy atom. The molecule has 1 unspecified atom stereocenters. The molecule has 0 radical (unpaired) electrons. The second kappa shape index (κ2) is 10.0. The summed E-state index contributed by atoms with van der Waals surface area (Å²) in [6.45, 7) is 3.80. The van der Waals surface area contributed by atoms with Gasteiger partial charge in [0.25, 0.3) is 11.7 Å². The average molecular weight is 512 g/mol. The third kappa shape index (κ3) is 4.85. The van der Waals surface area contributed by atoms with E-state index in [1.54, 1.807) is 48.5 Å². The number of rotatable bonds is 6. The van der Waals surface area contributed by atoms with Gasteiger partial charge in [-0.25, -0.2) is 0 Å². The highest BCUT2D eigenvalue weighted by molar-refractivity contribution is 6.51. The van der Waals surface area contributed by atoms with Crippen molar-refractivity contribution in [1.82, 2.24) is 0 Å². The second-order valence-corrected chi connectivity index (χ2v) is 9.05. The van der Waals surface area contributed by atoms with Crippen LogP contribution in [0.1, 0.15) is 31.0 Å². The molecule has 1 saturated heterocycles. The fraction of sp³-hybridized carbons (Fsp3) is 0.185. The van der Waals surface area contributed by atoms with Crippen molar-refractivity contribution < 1.29 is 24.2 Å². The number of hydrogen-bond acceptors (Lipinski definition) is 5. The van der Waals surface area contributed by atoms with E-state index in [4.69, 9.17) is 32.7 Å². The predicted molar refractivity (Wildman–Crippen MR) is 136 cm³/mol. The number of carbonyl (C=O) groups excluding carboxylic acids is 2. The Bertz CT molecular complexity index is 1330. The quantitative estimate of drug-likeness (QED) is 0.235. The number of ketones is 1. The van der Waals surface area contributed by atoms with E-state index in [-0.39, 0.29) is 28.0 Å². The van der Waals surface area contributed by atoms with Gasteiger partial charge in [-0.1, -0.05) is 41.4 Å². The van der Waals surface area contributed by atoms with E-state index in [1.807, 2.05) is 13.8 Å². The standard InChI is InChI=1S/C27H23Cl2NO5/c1-15(2)35-20-9-4-6-16(12-20)24-23(25(31)17-10-11-21(28)22(29)13-17)26(32)27(33)30(24)18-7-5-8-19(14-18)34-3/h4-15,24,31H,1-3H3/b25-23+. The van der Waals surface area contributed by atoms with Crippen molar-refractivity contribution in [1.29, 1.82) is 0 Å². The average Bonchev–Trinajstić information content (AvgIpc) is 3.10. The summed E-state index contributed by atoms with van der Waals surface area (Å²) in [6, 6.07) is 17.5. The van der Waals surface area contributed by atoms with Gasteiger partial charge in [0.1, 0.15) is 17.3 Å². The van der Waals surface area contributed by atoms with Crippen LogP contribution in [-0.2, 0) is 9.59 Å². The molecule has 1 fully saturated rings. The number of Topliss-reactive ketones (excluding diaryl/α,β-unsaturated/α-hetero) is 1. The lowest BCUT2D eigenvalue weighted by molar-refractivity contribution is -0.132. The lowest BCUT2D eigenvalue weighted by Crippen LogP contribution is -2.29. The predicted octanol–water partition coefficient (Wildman–Crippen LogP) is 6.42. The molecule has 8 heteroatoms. The van der Waals surface area contributed by atoms with Gasteiger partial charge in [0.05, 0.1) is 34.9 Å². The second-order valence-electron chi connectivity index (χ2n) is 8.24. The Morgan fingerprint density at radius 3 is 2.34 bits per heavy atom. The van der Waals surface area contributed by atoms with Gasteiger partial charge in [0.15, 0.2) is 0 Å². The van der Waals surface area contributed by atoms with Crippen LogP contribution in [0.4, 0.5) is 5.69 Å². The topological polar surface area (TPSA) is 76.1 Å². The number of ether oxygens (including phenoxy) is 2. The number of nitrogens with zero attached hydrogens (tertiary/aromatic N) is 1. The first-order valence-corrected chi connectivity index (χ1v) is 11.6. The largest absolute Gasteiger partial charge is 0.507 e. The van der Waals surface area contributed by atoms with Gasteiger partial charge in [0, 0.05) is 17.3 Å². The van der Waals surface area contributed by atoms with Crippen LogP contribution in [0, 0.1) is 0 Å². The number of benzene rings is 3. The van der Waals surface area contributed by atoms with E-state index < -0.39 is 17.7 Å². The molecule has 1 atom stereocenters. The highest BCUT2D eigenvalue weighted by atomic mass is 35.5. The molecule has 35 heavy (non-hydrogen) atoms. The van der Waals surface area contributed by atoms with Crippen molar-refractivity contribution in [2.75, 3.05) is 12.0 Å². The van der Waals surface area contributed by atoms with Crippen molar-refractivity contribution >= 4 is 46.3 Å². The van der Waals surface area contributed by atoms with E-state index in [9.17, 15) is 14.7 Å². The van der Waals surface area contributed by atoms with Crippen LogP contribution in [0.5, 0.6) is 11.5 Å². The minimum absolute atomic E-state index is 0.0714. The lowest BCUT2D eigenvalue weighted by atomic mass is 9.95. The van der Waals surface area contributed by atoms with Crippen molar-refractivity contribution in [2.45, 2.75) is 26.0 Å². The number of methoxy groups -OCH3 is 1. The molecule has 1 heterocycles. The van der Waals surface area contributed by atoms with Crippen LogP contribution in [0.15, 0.2) is 72.3 Å². The molecule has 0 spiro atoms. The molecule has 1 aliphatic rings. The molecular formula is C27H23Cl2NO5. The molecule has 0 aromatic heterocycles. The molecule has 4 rings (SSSR count). The first-order valence-electron chi connectivity index (χ1n) is 10.9. The van der Waals surface area contributed by atoms with E-state index in [2.05, 4.69) is 0 Å². The van der Waals surface area contributed by atoms with Crippen molar-refractivity contribution in [2.24, 2.45) is 0 Å². The number of anilines is 1. The SMILES string of the molecule is COc1cccc(N2C(=O)C(=O)/C(=C(/O)c3ccc(Cl)c(Cl)c3)C2c2cccc(OC(C)C)c2)c1. The van der Waals surface area contributed by atoms with Crippen LogP contribution in [0.2, 0.25) is 10.0 Å². The van der Waals surface area contributed by atoms with E-state index in [0.717, 1.165) is 0 Å². The number of carbonyl (C=O) groups is 2. The molecule has 6 nitrogen and oxygen atoms in total. The molecular weight excluding hydrogens is 489 g/mol. The first kappa shape index (κ1) is 24.6. The molecule has 180 valence electrons. The van der Waals surface area contributed by atoms with E-state index >= 15 is 0 Å². The number of aliphatic hydroxyl groups is 1. The zero-order valence-electron chi connectivity index (χ0n) is 19.3. The molecule has 3 aromatic carbocycles. The summed E-state index contributed by atoms with van der Waals surface area (Å²) in [6.07, 6.45) is -0.0776. The van der Waals surface area contributed by atoms with Gasteiger partial charge in [-0.15, -0.1) is 0 Å². The third-order valence-corrected chi connectivity index (χ3v) is 6.25. The molecule has 3 aromatic rings. The van der Waals surface area contributed by atoms with Crippen molar-refractivity contribution in [3.63, 3.8) is 0 Å². The molecule has 1 amide bonds. The fourth-order valence-corrected chi connectivity index (χ4v) is 4.30. The van der Waals surface area contributed by atoms with Crippen LogP contribution in [0.3, 0.4) is 0 Å². The molecule has 1 aliphatic heterocycles. The maximum Gasteiger partial charge on any atom is 0.300 e. The number of aliphatic hydroxyl groups excluding tert-OH is 1. The Morgan fingerprint density at radius 1 is 0.943 bits per heavy atom. The van der Waals surface area contributed by atoms with Crippen molar-refractivity contribution in [3.8, 4) is 11.5 Å². The lowest BCUT2D eigenvalue weighted by Gasteiger charge is -2.26. The maximum atomic E-state index is 13.3. The minimum Gasteiger partial charge on any atom is -0.507 e. The van der Waals surface area contributed by atoms with Gasteiger partial charge in [-0.3, -0.25) is 14.5 Å². The van der Waals surface area contributed by atoms with Crippen molar-refractivity contribution in [3.05, 3.63) is 93.5 Å². The highest BCUT2D eigenvalue weighted by Gasteiger charge is 2.47. The van der Waals surface area contributed by atoms with Crippen LogP contribution >= 0.6 is 23.2 Å². The number of amides is 1. The summed E-state index contributed by atoms with van der Waals surface area (Å²) in [5, 5.41) is 11.8. The number of halogens is 2. The fourth-order valence-electron chi connectivity index (χ4n) is 4.00. The summed E-state index contributed by atoms with van der Waals surface area (Å²) in [7, 11) is 1.52. The summed E-state index contributed by atoms with van der Waals surface area (Å²) >= 11 is 12.2. The van der Waals surface area contributed by atoms with Crippen LogP contribution in [0.25, 0.3) is 5.76 Å². The van der Waals surface area contributed by atoms with Gasteiger partial charge in [0.2, 0.25) is 0 Å². The van der Waals surface area contributed by atoms with E-state index in [0.29, 0.717) is 27.8 Å². The third-order valence-electron chi connectivity index (χ3n) is 5.51. The Kier molecular flexibility index (Phi) is 7.05. The summed E-state index contributed by atoms with van der Waals surface area (Å²) in [5.74, 6) is -0.864. The molecule has 1 N–H and O–H groups in total. The minimum atomic E-state index is -0.924. The van der Waals surface area contributed by atoms with E-state index in [1.165, 1.54) is 30.2 Å². The Hall–Kier alpha value is -3.48. The molecule has 0 saturated carbocycles. The Labute approximate surface area is 213 Å². The van der Waals surface area contributed by atoms with Gasteiger partial charge in [-0.2, -0.15) is 0 Å². The molecule has 0 aliphatic carbocycles. The first-order chi connectivity index (χ1) is 16.7. The Balaban J connectivity index is 1.95. The maximum absolute atomic E-state index is 13.3. The van der Waals surface area contributed by atoms with Crippen LogP contribution in [-0.4, -0.2) is 30.0 Å². The zero-order valence-corrected chi connectivity index (χ0v) is 20.8. The van der Waals surface area contributed by atoms with Crippen LogP contribution < -0.4 is 14.4 Å². The smallest absolute Gasteiger partial charge is 0.300 e. The summed E-state index contributed by atoms with van der Waals surface area (Å²) in [4.78, 5) is 28.0. The van der Waals surface area contributed by atoms with Gasteiger partial charge >= 0.3 is 0 Å². The highest BCUT2D eigenvalue weighted by Crippen LogP contribution is 2.43. The van der Waals surface area contributed by atoms with Gasteiger partial charge < -0.3 is 14.6 Å². The summed E-state index contributed by atoms with van der Waals surface area (Å²) < 4.78 is 11.2. The van der Waals surface area contributed by atoms with Gasteiger partial charge in [-0.05, 0) is 61.9 Å².